The van der Waals surface area contributed by atoms with E-state index in [4.69, 9.17) is 21.3 Å². The lowest BCUT2D eigenvalue weighted by molar-refractivity contribution is 0.102. The molecule has 0 unspecified atom stereocenters. The van der Waals surface area contributed by atoms with Crippen molar-refractivity contribution in [2.24, 2.45) is 0 Å². The van der Waals surface area contributed by atoms with Gasteiger partial charge in [-0.3, -0.25) is 14.7 Å². The van der Waals surface area contributed by atoms with E-state index in [9.17, 15) is 4.79 Å². The average Bonchev–Trinajstić information content (AvgIpc) is 3.46. The van der Waals surface area contributed by atoms with Gasteiger partial charge in [0, 0.05) is 62.4 Å². The van der Waals surface area contributed by atoms with E-state index in [1.807, 2.05) is 41.8 Å². The number of anilines is 1. The molecule has 1 fully saturated rings. The summed E-state index contributed by atoms with van der Waals surface area (Å²) >= 11 is 8.02. The number of ether oxygens (including phenoxy) is 1. The highest BCUT2D eigenvalue weighted by atomic mass is 35.5. The van der Waals surface area contributed by atoms with E-state index in [1.54, 1.807) is 41.9 Å². The number of pyridine rings is 2. The maximum atomic E-state index is 13.3. The number of halogens is 1. The molecule has 0 saturated carbocycles. The minimum Gasteiger partial charge on any atom is -0.457 e. The number of amides is 1. The highest BCUT2D eigenvalue weighted by Gasteiger charge is 2.17. The third kappa shape index (κ3) is 6.26. The second-order valence-corrected chi connectivity index (χ2v) is 11.6. The molecule has 4 heterocycles. The van der Waals surface area contributed by atoms with Crippen LogP contribution in [0.2, 0.25) is 5.02 Å². The number of rotatable bonds is 7. The fourth-order valence-electron chi connectivity index (χ4n) is 4.93. The lowest BCUT2D eigenvalue weighted by atomic mass is 10.1. The molecule has 1 aliphatic heterocycles. The second kappa shape index (κ2) is 12.0. The van der Waals surface area contributed by atoms with Crippen LogP contribution in [0.4, 0.5) is 5.69 Å². The summed E-state index contributed by atoms with van der Waals surface area (Å²) < 4.78 is 6.32. The molecule has 1 amide bonds. The Kier molecular flexibility index (Phi) is 7.98. The Balaban J connectivity index is 1.20. The molecule has 3 aromatic heterocycles. The van der Waals surface area contributed by atoms with Crippen molar-refractivity contribution < 1.29 is 9.53 Å². The molecular weight excluding hydrogens is 554 g/mol. The number of fused-ring (bicyclic) bond motifs is 1. The fraction of sp³-hybridized carbons (Fsp3) is 0.219. The van der Waals surface area contributed by atoms with Crippen molar-refractivity contribution in [1.82, 2.24) is 19.8 Å². The average molecular weight is 584 g/mol. The van der Waals surface area contributed by atoms with Gasteiger partial charge in [0.15, 0.2) is 0 Å². The SMILES string of the molecule is Cc1cc(NC(=O)c2cc(Oc3cc(-c4cccnc4)nc4sccc34)ccc2Cl)ccc1CN1CCN(C)CC1. The number of benzene rings is 2. The van der Waals surface area contributed by atoms with Crippen LogP contribution in [0.15, 0.2) is 78.4 Å². The Labute approximate surface area is 248 Å². The first-order chi connectivity index (χ1) is 19.9. The van der Waals surface area contributed by atoms with Gasteiger partial charge in [0.2, 0.25) is 0 Å². The Morgan fingerprint density at radius 3 is 2.71 bits per heavy atom. The maximum Gasteiger partial charge on any atom is 0.257 e. The summed E-state index contributed by atoms with van der Waals surface area (Å²) in [6.45, 7) is 7.29. The van der Waals surface area contributed by atoms with Gasteiger partial charge in [-0.15, -0.1) is 11.3 Å². The Bertz CT molecular complexity index is 1700. The molecule has 41 heavy (non-hydrogen) atoms. The molecule has 1 N–H and O–H groups in total. The third-order valence-corrected chi connectivity index (χ3v) is 8.49. The molecule has 208 valence electrons. The van der Waals surface area contributed by atoms with Gasteiger partial charge >= 0.3 is 0 Å². The van der Waals surface area contributed by atoms with Gasteiger partial charge in [-0.25, -0.2) is 4.98 Å². The van der Waals surface area contributed by atoms with Gasteiger partial charge in [-0.2, -0.15) is 0 Å². The Hall–Kier alpha value is -3.82. The molecule has 5 aromatic rings. The molecule has 1 saturated heterocycles. The van der Waals surface area contributed by atoms with E-state index in [-0.39, 0.29) is 5.91 Å². The van der Waals surface area contributed by atoms with Crippen molar-refractivity contribution >= 4 is 44.7 Å². The van der Waals surface area contributed by atoms with Gasteiger partial charge in [0.25, 0.3) is 5.91 Å². The first-order valence-corrected chi connectivity index (χ1v) is 14.8. The number of aryl methyl sites for hydroxylation is 1. The summed E-state index contributed by atoms with van der Waals surface area (Å²) in [7, 11) is 2.16. The largest absolute Gasteiger partial charge is 0.457 e. The van der Waals surface area contributed by atoms with Crippen LogP contribution in [0, 0.1) is 6.92 Å². The van der Waals surface area contributed by atoms with Gasteiger partial charge in [-0.1, -0.05) is 17.7 Å². The molecule has 9 heteroatoms. The molecule has 7 nitrogen and oxygen atoms in total. The van der Waals surface area contributed by atoms with Crippen LogP contribution in [0.25, 0.3) is 21.5 Å². The number of likely N-dealkylation sites (N-methyl/N-ethyl adjacent to an activating group) is 1. The van der Waals surface area contributed by atoms with Crippen LogP contribution in [-0.2, 0) is 6.54 Å². The summed E-state index contributed by atoms with van der Waals surface area (Å²) in [5.74, 6) is 0.863. The quantitative estimate of drug-likeness (QED) is 0.220. The molecule has 6 rings (SSSR count). The number of hydrogen-bond donors (Lipinski definition) is 1. The van der Waals surface area contributed by atoms with Crippen LogP contribution in [0.3, 0.4) is 0 Å². The van der Waals surface area contributed by atoms with Crippen LogP contribution in [0.1, 0.15) is 21.5 Å². The number of hydrogen-bond acceptors (Lipinski definition) is 7. The summed E-state index contributed by atoms with van der Waals surface area (Å²) in [6, 6.07) is 18.9. The van der Waals surface area contributed by atoms with Crippen molar-refractivity contribution in [3.05, 3.63) is 100 Å². The first kappa shape index (κ1) is 27.4. The van der Waals surface area contributed by atoms with Crippen molar-refractivity contribution in [2.45, 2.75) is 13.5 Å². The molecule has 0 spiro atoms. The minimum atomic E-state index is -0.293. The van der Waals surface area contributed by atoms with Gasteiger partial charge < -0.3 is 15.0 Å². The monoisotopic (exact) mass is 583 g/mol. The van der Waals surface area contributed by atoms with Crippen LogP contribution in [0.5, 0.6) is 11.5 Å². The number of thiophene rings is 1. The standard InChI is InChI=1S/C32H30ClN5O2S/c1-21-16-24(6-5-23(21)20-38-13-11-37(2)12-14-38)35-31(39)27-17-25(7-8-28(27)33)40-30-18-29(22-4-3-10-34-19-22)36-32-26(30)9-15-41-32/h3-10,15-19H,11-14,20H2,1-2H3,(H,35,39). The van der Waals surface area contributed by atoms with E-state index in [2.05, 4.69) is 40.1 Å². The van der Waals surface area contributed by atoms with E-state index in [1.165, 1.54) is 5.56 Å². The lowest BCUT2D eigenvalue weighted by Gasteiger charge is -2.32. The van der Waals surface area contributed by atoms with E-state index in [0.29, 0.717) is 22.1 Å². The van der Waals surface area contributed by atoms with Crippen LogP contribution < -0.4 is 10.1 Å². The van der Waals surface area contributed by atoms with Gasteiger partial charge in [0.1, 0.15) is 16.3 Å². The molecule has 0 aliphatic carbocycles. The predicted molar refractivity (Wildman–Crippen MR) is 166 cm³/mol. The van der Waals surface area contributed by atoms with Gasteiger partial charge in [-0.05, 0) is 79.0 Å². The summed E-state index contributed by atoms with van der Waals surface area (Å²) in [4.78, 5) is 28.0. The zero-order valence-electron chi connectivity index (χ0n) is 22.9. The van der Waals surface area contributed by atoms with Crippen LogP contribution >= 0.6 is 22.9 Å². The number of carbonyl (C=O) groups is 1. The Morgan fingerprint density at radius 2 is 1.93 bits per heavy atom. The topological polar surface area (TPSA) is 70.6 Å². The Morgan fingerprint density at radius 1 is 1.07 bits per heavy atom. The molecular formula is C32H30ClN5O2S. The van der Waals surface area contributed by atoms with Crippen molar-refractivity contribution in [1.29, 1.82) is 0 Å². The minimum absolute atomic E-state index is 0.293. The van der Waals surface area contributed by atoms with Crippen molar-refractivity contribution in [3.63, 3.8) is 0 Å². The lowest BCUT2D eigenvalue weighted by Crippen LogP contribution is -2.43. The molecule has 0 radical (unpaired) electrons. The normalized spacial score (nSPS) is 14.3. The number of nitrogens with one attached hydrogen (secondary N) is 1. The number of nitrogens with zero attached hydrogens (tertiary/aromatic N) is 4. The fourth-order valence-corrected chi connectivity index (χ4v) is 5.91. The number of carbonyl (C=O) groups excluding carboxylic acids is 1. The summed E-state index contributed by atoms with van der Waals surface area (Å²) in [5, 5.41) is 6.24. The summed E-state index contributed by atoms with van der Waals surface area (Å²) in [6.07, 6.45) is 3.51. The van der Waals surface area contributed by atoms with E-state index in [0.717, 1.165) is 65.4 Å². The second-order valence-electron chi connectivity index (χ2n) is 10.3. The first-order valence-electron chi connectivity index (χ1n) is 13.5. The highest BCUT2D eigenvalue weighted by Crippen LogP contribution is 2.36. The van der Waals surface area contributed by atoms with Crippen molar-refractivity contribution in [3.8, 4) is 22.8 Å². The van der Waals surface area contributed by atoms with E-state index >= 15 is 0 Å². The zero-order chi connectivity index (χ0) is 28.3. The highest BCUT2D eigenvalue weighted by molar-refractivity contribution is 7.16. The smallest absolute Gasteiger partial charge is 0.257 e. The van der Waals surface area contributed by atoms with Crippen LogP contribution in [-0.4, -0.2) is 58.9 Å². The summed E-state index contributed by atoms with van der Waals surface area (Å²) in [5.41, 5.74) is 5.14. The molecule has 0 atom stereocenters. The molecule has 2 aromatic carbocycles. The van der Waals surface area contributed by atoms with E-state index < -0.39 is 0 Å². The zero-order valence-corrected chi connectivity index (χ0v) is 24.5. The maximum absolute atomic E-state index is 13.3. The number of piperazine rings is 1. The van der Waals surface area contributed by atoms with Gasteiger partial charge in [0.05, 0.1) is 21.7 Å². The number of aromatic nitrogens is 2. The predicted octanol–water partition coefficient (Wildman–Crippen LogP) is 7.11. The molecule has 1 aliphatic rings. The third-order valence-electron chi connectivity index (χ3n) is 7.36. The molecule has 0 bridgehead atoms. The van der Waals surface area contributed by atoms with Crippen molar-refractivity contribution in [2.75, 3.05) is 38.5 Å².